The van der Waals surface area contributed by atoms with Crippen molar-refractivity contribution in [3.8, 4) is 56.4 Å². The van der Waals surface area contributed by atoms with Gasteiger partial charge in [-0.25, -0.2) is 15.0 Å². The number of benzene rings is 8. The lowest BCUT2D eigenvalue weighted by Crippen LogP contribution is -2.26. The zero-order chi connectivity index (χ0) is 39.8. The Bertz CT molecular complexity index is 3790. The van der Waals surface area contributed by atoms with E-state index in [0.29, 0.717) is 17.5 Å². The molecular formula is C55H30N4O2. The van der Waals surface area contributed by atoms with Crippen LogP contribution in [0.15, 0.2) is 191 Å². The Morgan fingerprint density at radius 1 is 0.377 bits per heavy atom. The van der Waals surface area contributed by atoms with Crippen LogP contribution in [0.1, 0.15) is 22.3 Å². The number of aromatic nitrogens is 4. The molecule has 12 aromatic rings. The van der Waals surface area contributed by atoms with E-state index in [9.17, 15) is 0 Å². The van der Waals surface area contributed by atoms with Crippen LogP contribution in [0.2, 0.25) is 0 Å². The highest BCUT2D eigenvalue weighted by atomic mass is 16.3. The summed E-state index contributed by atoms with van der Waals surface area (Å²) in [5.41, 5.74) is 16.1. The molecule has 6 nitrogen and oxygen atoms in total. The molecule has 1 spiro atoms. The average molecular weight is 779 g/mol. The second-order valence-electron chi connectivity index (χ2n) is 16.1. The topological polar surface area (TPSA) is 77.8 Å². The van der Waals surface area contributed by atoms with Crippen molar-refractivity contribution in [1.29, 1.82) is 0 Å². The molecule has 8 aromatic carbocycles. The van der Waals surface area contributed by atoms with Gasteiger partial charge in [-0.15, -0.1) is 0 Å². The molecule has 0 saturated heterocycles. The number of para-hydroxylation sites is 2. The molecule has 0 amide bonds. The van der Waals surface area contributed by atoms with Crippen LogP contribution in [0.4, 0.5) is 0 Å². The van der Waals surface area contributed by atoms with E-state index in [0.717, 1.165) is 71.5 Å². The van der Waals surface area contributed by atoms with E-state index in [1.54, 1.807) is 0 Å². The van der Waals surface area contributed by atoms with Crippen molar-refractivity contribution in [2.75, 3.05) is 0 Å². The van der Waals surface area contributed by atoms with Gasteiger partial charge < -0.3 is 8.83 Å². The first-order chi connectivity index (χ1) is 30.2. The lowest BCUT2D eigenvalue weighted by molar-refractivity contribution is 0.666. The Hall–Kier alpha value is -8.22. The molecule has 0 unspecified atom stereocenters. The van der Waals surface area contributed by atoms with Crippen molar-refractivity contribution in [2.45, 2.75) is 5.41 Å². The maximum atomic E-state index is 6.93. The summed E-state index contributed by atoms with van der Waals surface area (Å²) in [6, 6.07) is 61.8. The summed E-state index contributed by atoms with van der Waals surface area (Å²) in [5.74, 6) is 1.71. The predicted octanol–water partition coefficient (Wildman–Crippen LogP) is 13.6. The fourth-order valence-corrected chi connectivity index (χ4v) is 10.5. The van der Waals surface area contributed by atoms with E-state index >= 15 is 0 Å². The summed E-state index contributed by atoms with van der Waals surface area (Å²) >= 11 is 0. The summed E-state index contributed by atoms with van der Waals surface area (Å²) < 4.78 is 13.5. The molecule has 6 heteroatoms. The lowest BCUT2D eigenvalue weighted by Gasteiger charge is -2.31. The van der Waals surface area contributed by atoms with Gasteiger partial charge in [-0.05, 0) is 93.0 Å². The molecule has 0 atom stereocenters. The van der Waals surface area contributed by atoms with E-state index in [1.807, 2.05) is 60.8 Å². The van der Waals surface area contributed by atoms with Gasteiger partial charge >= 0.3 is 0 Å². The molecule has 0 bridgehead atoms. The SMILES string of the molecule is c1ccc(-c2nc(-c3ccc4c(c3)oc3ccc5c(c34)C3(c4ccccc4-c4ccccc43)c3cc4oc6ccccc6c4cc3-5)nc(-c3cccc4cccnc34)n2)cc1. The molecule has 61 heavy (non-hydrogen) atoms. The number of rotatable bonds is 3. The molecular weight excluding hydrogens is 749 g/mol. The highest BCUT2D eigenvalue weighted by Gasteiger charge is 2.53. The van der Waals surface area contributed by atoms with Crippen molar-refractivity contribution >= 4 is 54.8 Å². The monoisotopic (exact) mass is 778 g/mol. The summed E-state index contributed by atoms with van der Waals surface area (Å²) in [5, 5.41) is 5.39. The van der Waals surface area contributed by atoms with Gasteiger partial charge in [0.2, 0.25) is 0 Å². The van der Waals surface area contributed by atoms with Gasteiger partial charge in [0.1, 0.15) is 22.3 Å². The Morgan fingerprint density at radius 3 is 1.92 bits per heavy atom. The van der Waals surface area contributed by atoms with Crippen LogP contribution in [0, 0.1) is 0 Å². The highest BCUT2D eigenvalue weighted by molar-refractivity contribution is 6.16. The van der Waals surface area contributed by atoms with E-state index < -0.39 is 5.41 Å². The quantitative estimate of drug-likeness (QED) is 0.178. The fraction of sp³-hybridized carbons (Fsp3) is 0.0182. The molecule has 14 rings (SSSR count). The van der Waals surface area contributed by atoms with E-state index in [-0.39, 0.29) is 0 Å². The van der Waals surface area contributed by atoms with Crippen molar-refractivity contribution < 1.29 is 8.83 Å². The first-order valence-electron chi connectivity index (χ1n) is 20.5. The van der Waals surface area contributed by atoms with Gasteiger partial charge in [0.25, 0.3) is 0 Å². The zero-order valence-corrected chi connectivity index (χ0v) is 32.4. The van der Waals surface area contributed by atoms with Crippen LogP contribution in [0.3, 0.4) is 0 Å². The minimum absolute atomic E-state index is 0.557. The molecule has 0 fully saturated rings. The third-order valence-electron chi connectivity index (χ3n) is 13.0. The first kappa shape index (κ1) is 32.7. The fourth-order valence-electron chi connectivity index (χ4n) is 10.5. The number of pyridine rings is 1. The Kier molecular flexibility index (Phi) is 6.40. The van der Waals surface area contributed by atoms with Crippen molar-refractivity contribution in [3.05, 3.63) is 204 Å². The van der Waals surface area contributed by atoms with Gasteiger partial charge in [0.05, 0.1) is 10.9 Å². The van der Waals surface area contributed by atoms with Gasteiger partial charge in [-0.2, -0.15) is 0 Å². The summed E-state index contributed by atoms with van der Waals surface area (Å²) in [6.45, 7) is 0. The molecule has 0 saturated carbocycles. The van der Waals surface area contributed by atoms with Crippen LogP contribution < -0.4 is 0 Å². The van der Waals surface area contributed by atoms with Crippen LogP contribution in [0.25, 0.3) is 111 Å². The molecule has 0 aliphatic heterocycles. The number of hydrogen-bond donors (Lipinski definition) is 0. The van der Waals surface area contributed by atoms with Crippen LogP contribution in [0.5, 0.6) is 0 Å². The van der Waals surface area contributed by atoms with Crippen LogP contribution in [-0.2, 0) is 5.41 Å². The van der Waals surface area contributed by atoms with Crippen molar-refractivity contribution in [2.24, 2.45) is 0 Å². The molecule has 282 valence electrons. The van der Waals surface area contributed by atoms with Crippen LogP contribution >= 0.6 is 0 Å². The van der Waals surface area contributed by atoms with Crippen LogP contribution in [-0.4, -0.2) is 19.9 Å². The number of nitrogens with zero attached hydrogens (tertiary/aromatic N) is 4. The largest absolute Gasteiger partial charge is 0.456 e. The van der Waals surface area contributed by atoms with Gasteiger partial charge in [0, 0.05) is 49.8 Å². The maximum absolute atomic E-state index is 6.93. The first-order valence-corrected chi connectivity index (χ1v) is 20.5. The van der Waals surface area contributed by atoms with E-state index in [4.69, 9.17) is 28.8 Å². The minimum atomic E-state index is -0.611. The Morgan fingerprint density at radius 2 is 1.07 bits per heavy atom. The smallest absolute Gasteiger partial charge is 0.166 e. The standard InChI is InChI=1S/C55H30N4O2/c1-2-12-32(13-3-1)52-57-53(59-54(58-52)39-19-10-14-31-15-11-27-56-51(31)39)33-23-24-38-47(28-33)61-46-26-25-37-40-29-41-36-18-6-9-22-45(36)60-48(41)30-44(40)55(50(37)49(38)46)42-20-7-4-16-34(42)35-17-5-8-21-43(35)55/h1-30H. The Labute approximate surface area is 348 Å². The maximum Gasteiger partial charge on any atom is 0.166 e. The average Bonchev–Trinajstić information content (AvgIpc) is 4.05. The number of fused-ring (bicyclic) bond motifs is 18. The molecule has 4 heterocycles. The number of hydrogen-bond acceptors (Lipinski definition) is 6. The van der Waals surface area contributed by atoms with E-state index in [2.05, 4.69) is 121 Å². The predicted molar refractivity (Wildman–Crippen MR) is 242 cm³/mol. The van der Waals surface area contributed by atoms with Gasteiger partial charge in [-0.3, -0.25) is 4.98 Å². The zero-order valence-electron chi connectivity index (χ0n) is 32.4. The number of furan rings is 2. The molecule has 0 radical (unpaired) electrons. The summed E-state index contributed by atoms with van der Waals surface area (Å²) in [6.07, 6.45) is 1.81. The third kappa shape index (κ3) is 4.35. The van der Waals surface area contributed by atoms with Crippen molar-refractivity contribution in [3.63, 3.8) is 0 Å². The molecule has 2 aliphatic carbocycles. The lowest BCUT2D eigenvalue weighted by atomic mass is 9.69. The second-order valence-corrected chi connectivity index (χ2v) is 16.1. The molecule has 2 aliphatic rings. The normalized spacial score (nSPS) is 13.4. The summed E-state index contributed by atoms with van der Waals surface area (Å²) in [4.78, 5) is 20.0. The van der Waals surface area contributed by atoms with Gasteiger partial charge in [-0.1, -0.05) is 127 Å². The van der Waals surface area contributed by atoms with E-state index in [1.165, 1.54) is 44.5 Å². The third-order valence-corrected chi connectivity index (χ3v) is 13.0. The van der Waals surface area contributed by atoms with Crippen molar-refractivity contribution in [1.82, 2.24) is 19.9 Å². The Balaban J connectivity index is 1.04. The molecule has 0 N–H and O–H groups in total. The minimum Gasteiger partial charge on any atom is -0.456 e. The molecule has 4 aromatic heterocycles. The highest BCUT2D eigenvalue weighted by Crippen LogP contribution is 2.65. The summed E-state index contributed by atoms with van der Waals surface area (Å²) in [7, 11) is 0. The second kappa shape index (κ2) is 11.9. The van der Waals surface area contributed by atoms with Gasteiger partial charge in [0.15, 0.2) is 17.5 Å².